The largest absolute Gasteiger partial charge is 0.490 e. The number of carbonyl (C=O) groups excluding carboxylic acids is 2. The van der Waals surface area contributed by atoms with E-state index in [1.807, 2.05) is 38.1 Å². The number of ether oxygens (including phenoxy) is 2. The van der Waals surface area contributed by atoms with Crippen LogP contribution >= 0.6 is 22.6 Å². The lowest BCUT2D eigenvalue weighted by atomic mass is 10.1. The summed E-state index contributed by atoms with van der Waals surface area (Å²) >= 11 is 2.06. The maximum Gasteiger partial charge on any atom is 0.262 e. The molecule has 0 aliphatic heterocycles. The summed E-state index contributed by atoms with van der Waals surface area (Å²) < 4.78 is 11.9. The first-order valence-electron chi connectivity index (χ1n) is 8.01. The zero-order chi connectivity index (χ0) is 18.2. The number of rotatable bonds is 8. The van der Waals surface area contributed by atoms with Gasteiger partial charge in [0.1, 0.15) is 6.29 Å². The van der Waals surface area contributed by atoms with Crippen LogP contribution in [0.4, 0.5) is 5.69 Å². The second-order valence-corrected chi connectivity index (χ2v) is 6.39. The lowest BCUT2D eigenvalue weighted by molar-refractivity contribution is -0.118. The van der Waals surface area contributed by atoms with E-state index in [1.165, 1.54) is 0 Å². The van der Waals surface area contributed by atoms with Crippen LogP contribution in [0.25, 0.3) is 0 Å². The summed E-state index contributed by atoms with van der Waals surface area (Å²) in [5, 5.41) is 2.86. The van der Waals surface area contributed by atoms with Gasteiger partial charge < -0.3 is 14.8 Å². The smallest absolute Gasteiger partial charge is 0.262 e. The molecule has 0 unspecified atom stereocenters. The van der Waals surface area contributed by atoms with Gasteiger partial charge in [-0.3, -0.25) is 9.59 Å². The van der Waals surface area contributed by atoms with Crippen LogP contribution in [0.5, 0.6) is 11.5 Å². The summed E-state index contributed by atoms with van der Waals surface area (Å²) in [6.45, 7) is 4.17. The summed E-state index contributed by atoms with van der Waals surface area (Å²) in [6, 6.07) is 11.0. The van der Waals surface area contributed by atoms with Gasteiger partial charge in [-0.15, -0.1) is 0 Å². The standard InChI is InChI=1S/C19H20INO4/c1-3-14-7-5-6-8-16(14)21-18(23)12-25-19-15(20)9-13(11-22)10-17(19)24-4-2/h5-11H,3-4,12H2,1-2H3,(H,21,23). The average Bonchev–Trinajstić information content (AvgIpc) is 2.61. The summed E-state index contributed by atoms with van der Waals surface area (Å²) in [5.41, 5.74) is 2.35. The van der Waals surface area contributed by atoms with Crippen molar-refractivity contribution in [3.8, 4) is 11.5 Å². The van der Waals surface area contributed by atoms with Crippen molar-refractivity contribution in [3.05, 3.63) is 51.1 Å². The molecule has 0 saturated heterocycles. The molecule has 0 bridgehead atoms. The van der Waals surface area contributed by atoms with Gasteiger partial charge in [0.05, 0.1) is 10.2 Å². The van der Waals surface area contributed by atoms with E-state index in [1.54, 1.807) is 12.1 Å². The monoisotopic (exact) mass is 453 g/mol. The van der Waals surface area contributed by atoms with Crippen LogP contribution in [-0.2, 0) is 11.2 Å². The van der Waals surface area contributed by atoms with Crippen LogP contribution in [-0.4, -0.2) is 25.4 Å². The summed E-state index contributed by atoms with van der Waals surface area (Å²) in [6.07, 6.45) is 1.58. The van der Waals surface area contributed by atoms with Crippen molar-refractivity contribution >= 4 is 40.5 Å². The Morgan fingerprint density at radius 2 is 1.96 bits per heavy atom. The Morgan fingerprint density at radius 1 is 1.20 bits per heavy atom. The highest BCUT2D eigenvalue weighted by molar-refractivity contribution is 14.1. The number of carbonyl (C=O) groups is 2. The van der Waals surface area contributed by atoms with Crippen molar-refractivity contribution in [3.63, 3.8) is 0 Å². The first-order valence-corrected chi connectivity index (χ1v) is 9.09. The number of benzene rings is 2. The lowest BCUT2D eigenvalue weighted by Gasteiger charge is -2.15. The highest BCUT2D eigenvalue weighted by atomic mass is 127. The van der Waals surface area contributed by atoms with Crippen molar-refractivity contribution in [2.24, 2.45) is 0 Å². The highest BCUT2D eigenvalue weighted by Crippen LogP contribution is 2.34. The van der Waals surface area contributed by atoms with Gasteiger partial charge >= 0.3 is 0 Å². The minimum absolute atomic E-state index is 0.144. The quantitative estimate of drug-likeness (QED) is 0.484. The summed E-state index contributed by atoms with van der Waals surface area (Å²) in [5.74, 6) is 0.670. The lowest BCUT2D eigenvalue weighted by Crippen LogP contribution is -2.21. The molecule has 25 heavy (non-hydrogen) atoms. The average molecular weight is 453 g/mol. The molecule has 0 aliphatic carbocycles. The maximum absolute atomic E-state index is 12.2. The number of anilines is 1. The van der Waals surface area contributed by atoms with Gasteiger partial charge in [-0.2, -0.15) is 0 Å². The third kappa shape index (κ3) is 5.19. The van der Waals surface area contributed by atoms with Crippen molar-refractivity contribution in [1.29, 1.82) is 0 Å². The minimum Gasteiger partial charge on any atom is -0.490 e. The highest BCUT2D eigenvalue weighted by Gasteiger charge is 2.14. The van der Waals surface area contributed by atoms with E-state index in [0.717, 1.165) is 24.0 Å². The van der Waals surface area contributed by atoms with Crippen molar-refractivity contribution in [2.75, 3.05) is 18.5 Å². The predicted octanol–water partition coefficient (Wildman–Crippen LogP) is 4.08. The third-order valence-electron chi connectivity index (χ3n) is 3.49. The van der Waals surface area contributed by atoms with Gasteiger partial charge in [0, 0.05) is 11.3 Å². The second-order valence-electron chi connectivity index (χ2n) is 5.23. The Labute approximate surface area is 160 Å². The van der Waals surface area contributed by atoms with E-state index in [0.29, 0.717) is 27.2 Å². The fourth-order valence-corrected chi connectivity index (χ4v) is 3.11. The number of hydrogen-bond donors (Lipinski definition) is 1. The van der Waals surface area contributed by atoms with E-state index >= 15 is 0 Å². The molecule has 2 rings (SSSR count). The van der Waals surface area contributed by atoms with Crippen LogP contribution < -0.4 is 14.8 Å². The Kier molecular flexibility index (Phi) is 7.24. The van der Waals surface area contributed by atoms with Crippen LogP contribution in [0.3, 0.4) is 0 Å². The Morgan fingerprint density at radius 3 is 2.64 bits per heavy atom. The van der Waals surface area contributed by atoms with Crippen molar-refractivity contribution < 1.29 is 19.1 Å². The number of aldehydes is 1. The van der Waals surface area contributed by atoms with Crippen LogP contribution in [0.15, 0.2) is 36.4 Å². The molecule has 0 spiro atoms. The van der Waals surface area contributed by atoms with Gasteiger partial charge in [-0.1, -0.05) is 25.1 Å². The van der Waals surface area contributed by atoms with Crippen LogP contribution in [0, 0.1) is 3.57 Å². The van der Waals surface area contributed by atoms with Gasteiger partial charge in [0.2, 0.25) is 0 Å². The zero-order valence-electron chi connectivity index (χ0n) is 14.2. The van der Waals surface area contributed by atoms with Gasteiger partial charge in [0.15, 0.2) is 18.1 Å². The Bertz CT molecular complexity index is 761. The molecule has 0 heterocycles. The normalized spacial score (nSPS) is 10.2. The second kappa shape index (κ2) is 9.41. The molecule has 6 heteroatoms. The number of hydrogen-bond acceptors (Lipinski definition) is 4. The Balaban J connectivity index is 2.10. The fourth-order valence-electron chi connectivity index (χ4n) is 2.33. The Hall–Kier alpha value is -2.09. The molecule has 0 fully saturated rings. The van der Waals surface area contributed by atoms with Gasteiger partial charge in [-0.05, 0) is 59.7 Å². The van der Waals surface area contributed by atoms with Crippen molar-refractivity contribution in [1.82, 2.24) is 0 Å². The molecule has 0 aliphatic rings. The summed E-state index contributed by atoms with van der Waals surface area (Å²) in [4.78, 5) is 23.2. The van der Waals surface area contributed by atoms with Crippen LogP contribution in [0.2, 0.25) is 0 Å². The predicted molar refractivity (Wildman–Crippen MR) is 106 cm³/mol. The molecular weight excluding hydrogens is 433 g/mol. The number of aryl methyl sites for hydroxylation is 1. The van der Waals surface area contributed by atoms with E-state index in [-0.39, 0.29) is 12.5 Å². The molecule has 0 aromatic heterocycles. The number of halogens is 1. The molecule has 1 N–H and O–H groups in total. The molecule has 0 saturated carbocycles. The number of nitrogens with one attached hydrogen (secondary N) is 1. The fraction of sp³-hybridized carbons (Fsp3) is 0.263. The SMILES string of the molecule is CCOc1cc(C=O)cc(I)c1OCC(=O)Nc1ccccc1CC. The van der Waals surface area contributed by atoms with E-state index in [4.69, 9.17) is 9.47 Å². The number of para-hydroxylation sites is 1. The topological polar surface area (TPSA) is 64.6 Å². The molecule has 5 nitrogen and oxygen atoms in total. The van der Waals surface area contributed by atoms with E-state index in [2.05, 4.69) is 27.9 Å². The van der Waals surface area contributed by atoms with Crippen molar-refractivity contribution in [2.45, 2.75) is 20.3 Å². The zero-order valence-corrected chi connectivity index (χ0v) is 16.3. The summed E-state index contributed by atoms with van der Waals surface area (Å²) in [7, 11) is 0. The van der Waals surface area contributed by atoms with E-state index < -0.39 is 0 Å². The minimum atomic E-state index is -0.251. The molecule has 132 valence electrons. The first kappa shape index (κ1) is 19.2. The molecular formula is C19H20INO4. The maximum atomic E-state index is 12.2. The van der Waals surface area contributed by atoms with Gasteiger partial charge in [0.25, 0.3) is 5.91 Å². The molecule has 0 radical (unpaired) electrons. The molecule has 1 amide bonds. The molecule has 2 aromatic rings. The first-order chi connectivity index (χ1) is 12.1. The number of amides is 1. The van der Waals surface area contributed by atoms with E-state index in [9.17, 15) is 9.59 Å². The third-order valence-corrected chi connectivity index (χ3v) is 4.29. The van der Waals surface area contributed by atoms with Gasteiger partial charge in [-0.25, -0.2) is 0 Å². The molecule has 0 atom stereocenters. The molecule has 2 aromatic carbocycles. The van der Waals surface area contributed by atoms with Crippen LogP contribution in [0.1, 0.15) is 29.8 Å².